The molecule has 0 saturated carbocycles. The predicted molar refractivity (Wildman–Crippen MR) is 65.7 cm³/mol. The lowest BCUT2D eigenvalue weighted by Gasteiger charge is -2.04. The molecule has 15 heavy (non-hydrogen) atoms. The zero-order valence-corrected chi connectivity index (χ0v) is 9.87. The molecule has 2 rings (SSSR count). The largest absolute Gasteiger partial charge is 0.0843 e. The van der Waals surface area contributed by atoms with E-state index in [-0.39, 0.29) is 0 Å². The third-order valence-corrected chi connectivity index (χ3v) is 2.79. The van der Waals surface area contributed by atoms with Crippen molar-refractivity contribution in [3.63, 3.8) is 0 Å². The first kappa shape index (κ1) is 10.8. The minimum Gasteiger partial charge on any atom is -0.0843 e. The molecule has 75 valence electrons. The van der Waals surface area contributed by atoms with E-state index < -0.39 is 0 Å². The SMILES string of the molecule is Clc1[c]c(Cl)c(-c2ccc(Cl)cc2)cc1. The highest BCUT2D eigenvalue weighted by molar-refractivity contribution is 6.36. The Hall–Kier alpha value is -0.690. The molecule has 0 heterocycles. The van der Waals surface area contributed by atoms with Gasteiger partial charge in [-0.3, -0.25) is 0 Å². The first-order valence-corrected chi connectivity index (χ1v) is 5.43. The second kappa shape index (κ2) is 4.44. The van der Waals surface area contributed by atoms with Crippen LogP contribution in [0.2, 0.25) is 15.1 Å². The van der Waals surface area contributed by atoms with Crippen molar-refractivity contribution in [3.05, 3.63) is 57.5 Å². The van der Waals surface area contributed by atoms with Gasteiger partial charge in [0, 0.05) is 16.7 Å². The first-order chi connectivity index (χ1) is 7.16. The maximum absolute atomic E-state index is 6.03. The maximum atomic E-state index is 6.03. The van der Waals surface area contributed by atoms with Crippen LogP contribution in [0, 0.1) is 6.07 Å². The van der Waals surface area contributed by atoms with Gasteiger partial charge >= 0.3 is 0 Å². The molecule has 0 amide bonds. The van der Waals surface area contributed by atoms with Crippen LogP contribution in [0.4, 0.5) is 0 Å². The molecular formula is C12H6Cl3. The fourth-order valence-corrected chi connectivity index (χ4v) is 1.90. The van der Waals surface area contributed by atoms with Crippen LogP contribution in [0.25, 0.3) is 11.1 Å². The highest BCUT2D eigenvalue weighted by Gasteiger charge is 2.04. The molecule has 0 aromatic heterocycles. The van der Waals surface area contributed by atoms with Gasteiger partial charge in [0.25, 0.3) is 0 Å². The van der Waals surface area contributed by atoms with Gasteiger partial charge in [0.2, 0.25) is 0 Å². The Morgan fingerprint density at radius 3 is 2.07 bits per heavy atom. The molecule has 2 aromatic carbocycles. The summed E-state index contributed by atoms with van der Waals surface area (Å²) < 4.78 is 0. The lowest BCUT2D eigenvalue weighted by molar-refractivity contribution is 1.61. The van der Waals surface area contributed by atoms with E-state index in [0.717, 1.165) is 11.1 Å². The molecule has 1 radical (unpaired) electrons. The normalized spacial score (nSPS) is 10.3. The Morgan fingerprint density at radius 2 is 1.47 bits per heavy atom. The third kappa shape index (κ3) is 2.46. The number of benzene rings is 2. The first-order valence-electron chi connectivity index (χ1n) is 4.30. The molecule has 2 aromatic rings. The van der Waals surface area contributed by atoms with Crippen LogP contribution in [0.15, 0.2) is 36.4 Å². The summed E-state index contributed by atoms with van der Waals surface area (Å²) in [5.41, 5.74) is 1.90. The molecule has 0 N–H and O–H groups in total. The van der Waals surface area contributed by atoms with Gasteiger partial charge in [-0.05, 0) is 23.8 Å². The minimum atomic E-state index is 0.512. The molecule has 0 atom stereocenters. The monoisotopic (exact) mass is 255 g/mol. The molecule has 0 aliphatic rings. The predicted octanol–water partition coefficient (Wildman–Crippen LogP) is 5.11. The number of hydrogen-bond acceptors (Lipinski definition) is 0. The fraction of sp³-hybridized carbons (Fsp3) is 0. The van der Waals surface area contributed by atoms with Gasteiger partial charge in [0.15, 0.2) is 0 Å². The molecule has 0 fully saturated rings. The van der Waals surface area contributed by atoms with Crippen LogP contribution in [-0.2, 0) is 0 Å². The third-order valence-electron chi connectivity index (χ3n) is 2.02. The molecule has 0 unspecified atom stereocenters. The van der Waals surface area contributed by atoms with Gasteiger partial charge in [-0.2, -0.15) is 0 Å². The zero-order valence-electron chi connectivity index (χ0n) is 7.60. The Labute approximate surface area is 103 Å². The Morgan fingerprint density at radius 1 is 0.800 bits per heavy atom. The number of rotatable bonds is 1. The summed E-state index contributed by atoms with van der Waals surface area (Å²) in [5.74, 6) is 0. The van der Waals surface area contributed by atoms with E-state index in [9.17, 15) is 0 Å². The van der Waals surface area contributed by atoms with Gasteiger partial charge < -0.3 is 0 Å². The molecule has 3 heteroatoms. The summed E-state index contributed by atoms with van der Waals surface area (Å²) in [6.07, 6.45) is 0. The summed E-state index contributed by atoms with van der Waals surface area (Å²) in [7, 11) is 0. The van der Waals surface area contributed by atoms with Crippen LogP contribution in [-0.4, -0.2) is 0 Å². The van der Waals surface area contributed by atoms with Crippen molar-refractivity contribution in [3.8, 4) is 11.1 Å². The van der Waals surface area contributed by atoms with Crippen LogP contribution in [0.1, 0.15) is 0 Å². The molecule has 0 aliphatic carbocycles. The second-order valence-corrected chi connectivity index (χ2v) is 4.26. The quantitative estimate of drug-likeness (QED) is 0.665. The fourth-order valence-electron chi connectivity index (χ4n) is 1.30. The molecule has 0 aliphatic heterocycles. The van der Waals surface area contributed by atoms with E-state index >= 15 is 0 Å². The van der Waals surface area contributed by atoms with Crippen molar-refractivity contribution in [1.29, 1.82) is 0 Å². The molecular weight excluding hydrogens is 250 g/mol. The van der Waals surface area contributed by atoms with E-state index in [1.807, 2.05) is 30.3 Å². The van der Waals surface area contributed by atoms with Gasteiger partial charge in [-0.15, -0.1) is 0 Å². The topological polar surface area (TPSA) is 0 Å². The average molecular weight is 257 g/mol. The summed E-state index contributed by atoms with van der Waals surface area (Å²) in [6.45, 7) is 0. The average Bonchev–Trinajstić information content (AvgIpc) is 2.20. The van der Waals surface area contributed by atoms with Crippen LogP contribution < -0.4 is 0 Å². The van der Waals surface area contributed by atoms with Gasteiger partial charge in [0.05, 0.1) is 10.0 Å². The molecule has 0 nitrogen and oxygen atoms in total. The van der Waals surface area contributed by atoms with Crippen molar-refractivity contribution in [1.82, 2.24) is 0 Å². The highest BCUT2D eigenvalue weighted by atomic mass is 35.5. The van der Waals surface area contributed by atoms with E-state index in [1.165, 1.54) is 0 Å². The Bertz CT molecular complexity index is 475. The highest BCUT2D eigenvalue weighted by Crippen LogP contribution is 2.30. The van der Waals surface area contributed by atoms with Crippen molar-refractivity contribution in [2.45, 2.75) is 0 Å². The summed E-state index contributed by atoms with van der Waals surface area (Å²) in [4.78, 5) is 0. The number of halogens is 3. The standard InChI is InChI=1S/C12H6Cl3/c13-9-3-1-8(2-4-9)11-6-5-10(14)7-12(11)15/h1-6H. The summed E-state index contributed by atoms with van der Waals surface area (Å²) in [6, 6.07) is 13.9. The van der Waals surface area contributed by atoms with E-state index in [1.54, 1.807) is 6.07 Å². The minimum absolute atomic E-state index is 0.512. The molecule has 0 bridgehead atoms. The van der Waals surface area contributed by atoms with Crippen LogP contribution >= 0.6 is 34.8 Å². The summed E-state index contributed by atoms with van der Waals surface area (Å²) >= 11 is 17.6. The summed E-state index contributed by atoms with van der Waals surface area (Å²) in [5, 5.41) is 1.73. The van der Waals surface area contributed by atoms with Crippen molar-refractivity contribution >= 4 is 34.8 Å². The lowest BCUT2D eigenvalue weighted by Crippen LogP contribution is -1.79. The van der Waals surface area contributed by atoms with Crippen LogP contribution in [0.5, 0.6) is 0 Å². The van der Waals surface area contributed by atoms with E-state index in [4.69, 9.17) is 34.8 Å². The van der Waals surface area contributed by atoms with E-state index in [2.05, 4.69) is 6.07 Å². The Kier molecular flexibility index (Phi) is 3.20. The van der Waals surface area contributed by atoms with Crippen LogP contribution in [0.3, 0.4) is 0 Å². The lowest BCUT2D eigenvalue weighted by atomic mass is 10.1. The van der Waals surface area contributed by atoms with Gasteiger partial charge in [-0.1, -0.05) is 53.0 Å². The van der Waals surface area contributed by atoms with Gasteiger partial charge in [0.1, 0.15) is 0 Å². The van der Waals surface area contributed by atoms with Crippen molar-refractivity contribution in [2.24, 2.45) is 0 Å². The molecule has 0 saturated heterocycles. The molecule has 0 spiro atoms. The smallest absolute Gasteiger partial charge is 0.0578 e. The van der Waals surface area contributed by atoms with Crippen molar-refractivity contribution < 1.29 is 0 Å². The van der Waals surface area contributed by atoms with E-state index in [0.29, 0.717) is 15.1 Å². The maximum Gasteiger partial charge on any atom is 0.0578 e. The van der Waals surface area contributed by atoms with Crippen molar-refractivity contribution in [2.75, 3.05) is 0 Å². The zero-order chi connectivity index (χ0) is 10.8. The number of hydrogen-bond donors (Lipinski definition) is 0. The Balaban J connectivity index is 2.49. The van der Waals surface area contributed by atoms with Gasteiger partial charge in [-0.25, -0.2) is 0 Å². The second-order valence-electron chi connectivity index (χ2n) is 3.04.